The van der Waals surface area contributed by atoms with E-state index >= 15 is 0 Å². The van der Waals surface area contributed by atoms with E-state index in [0.717, 1.165) is 44.8 Å². The van der Waals surface area contributed by atoms with Crippen LogP contribution in [0.5, 0.6) is 11.5 Å². The van der Waals surface area contributed by atoms with Crippen LogP contribution in [0.3, 0.4) is 0 Å². The van der Waals surface area contributed by atoms with Gasteiger partial charge < -0.3 is 9.47 Å². The van der Waals surface area contributed by atoms with Crippen LogP contribution in [0.15, 0.2) is 88.2 Å². The number of aryl methyl sites for hydroxylation is 1. The molecule has 4 aromatic rings. The van der Waals surface area contributed by atoms with Crippen LogP contribution in [-0.4, -0.2) is 23.2 Å². The van der Waals surface area contributed by atoms with Crippen molar-refractivity contribution in [3.63, 3.8) is 0 Å². The Bertz CT molecular complexity index is 1550. The molecule has 1 saturated heterocycles. The number of methoxy groups -OCH3 is 1. The lowest BCUT2D eigenvalue weighted by Gasteiger charge is -2.15. The quantitative estimate of drug-likeness (QED) is 0.212. The van der Waals surface area contributed by atoms with Gasteiger partial charge >= 0.3 is 0 Å². The normalized spacial score (nSPS) is 14.6. The number of hydrogen-bond donors (Lipinski definition) is 0. The van der Waals surface area contributed by atoms with Gasteiger partial charge in [0, 0.05) is 0 Å². The van der Waals surface area contributed by atoms with Gasteiger partial charge in [-0.15, -0.1) is 0 Å². The van der Waals surface area contributed by atoms with Crippen LogP contribution in [0.2, 0.25) is 0 Å². The molecule has 0 unspecified atom stereocenters. The molecular weight excluding hydrogens is 550 g/mol. The van der Waals surface area contributed by atoms with Crippen molar-refractivity contribution in [2.24, 2.45) is 0 Å². The number of benzene rings is 4. The number of ether oxygens (including phenoxy) is 2. The van der Waals surface area contributed by atoms with Crippen molar-refractivity contribution >= 4 is 55.7 Å². The first-order valence-corrected chi connectivity index (χ1v) is 13.3. The summed E-state index contributed by atoms with van der Waals surface area (Å²) in [6, 6.07) is 25.7. The van der Waals surface area contributed by atoms with Gasteiger partial charge in [-0.1, -0.05) is 60.7 Å². The molecule has 0 saturated carbocycles. The van der Waals surface area contributed by atoms with E-state index in [1.165, 1.54) is 4.90 Å². The minimum atomic E-state index is -0.307. The summed E-state index contributed by atoms with van der Waals surface area (Å²) in [6.07, 6.45) is 1.71. The Morgan fingerprint density at radius 3 is 2.49 bits per heavy atom. The fraction of sp³-hybridized carbons (Fsp3) is 0.133. The molecule has 1 aliphatic heterocycles. The van der Waals surface area contributed by atoms with Gasteiger partial charge in [0.05, 0.1) is 23.0 Å². The number of carbonyl (C=O) groups excluding carboxylic acids is 2. The zero-order valence-electron chi connectivity index (χ0n) is 20.4. The number of fused-ring (bicyclic) bond motifs is 1. The second-order valence-corrected chi connectivity index (χ2v) is 10.5. The molecule has 0 atom stereocenters. The first-order chi connectivity index (χ1) is 17.9. The third-order valence-electron chi connectivity index (χ3n) is 6.21. The van der Waals surface area contributed by atoms with Crippen molar-refractivity contribution in [2.75, 3.05) is 7.11 Å². The van der Waals surface area contributed by atoms with Crippen molar-refractivity contribution in [1.82, 2.24) is 4.90 Å². The van der Waals surface area contributed by atoms with Gasteiger partial charge in [-0.05, 0) is 91.9 Å². The van der Waals surface area contributed by atoms with Crippen LogP contribution in [0.25, 0.3) is 16.8 Å². The molecule has 0 radical (unpaired) electrons. The summed E-state index contributed by atoms with van der Waals surface area (Å²) in [5.41, 5.74) is 3.86. The Balaban J connectivity index is 1.35. The summed E-state index contributed by atoms with van der Waals surface area (Å²) in [4.78, 5) is 27.5. The van der Waals surface area contributed by atoms with Crippen molar-refractivity contribution in [2.45, 2.75) is 20.1 Å². The molecular formula is C30H24BrNO4S. The van der Waals surface area contributed by atoms with Crippen molar-refractivity contribution in [3.05, 3.63) is 110 Å². The van der Waals surface area contributed by atoms with Crippen LogP contribution in [0.1, 0.15) is 22.3 Å². The molecule has 1 fully saturated rings. The summed E-state index contributed by atoms with van der Waals surface area (Å²) >= 11 is 4.52. The van der Waals surface area contributed by atoms with E-state index in [-0.39, 0.29) is 17.7 Å². The van der Waals surface area contributed by atoms with Crippen LogP contribution in [0.4, 0.5) is 4.79 Å². The Labute approximate surface area is 228 Å². The predicted molar refractivity (Wildman–Crippen MR) is 152 cm³/mol. The largest absolute Gasteiger partial charge is 0.493 e. The van der Waals surface area contributed by atoms with E-state index < -0.39 is 0 Å². The van der Waals surface area contributed by atoms with E-state index in [0.29, 0.717) is 27.5 Å². The number of thioether (sulfide) groups is 1. The molecule has 2 amide bonds. The topological polar surface area (TPSA) is 55.8 Å². The number of hydrogen-bond acceptors (Lipinski definition) is 5. The van der Waals surface area contributed by atoms with Crippen LogP contribution in [-0.2, 0) is 17.9 Å². The van der Waals surface area contributed by atoms with E-state index in [9.17, 15) is 9.59 Å². The lowest BCUT2D eigenvalue weighted by Crippen LogP contribution is -2.27. The third-order valence-corrected chi connectivity index (χ3v) is 7.71. The molecule has 5 nitrogen and oxygen atoms in total. The Kier molecular flexibility index (Phi) is 7.35. The van der Waals surface area contributed by atoms with Crippen molar-refractivity contribution in [3.8, 4) is 11.5 Å². The number of imide groups is 1. The highest BCUT2D eigenvalue weighted by Crippen LogP contribution is 2.40. The van der Waals surface area contributed by atoms with Crippen molar-refractivity contribution < 1.29 is 19.1 Å². The van der Waals surface area contributed by atoms with Gasteiger partial charge in [0.25, 0.3) is 11.1 Å². The van der Waals surface area contributed by atoms with Crippen LogP contribution in [0, 0.1) is 6.92 Å². The molecule has 186 valence electrons. The lowest BCUT2D eigenvalue weighted by molar-refractivity contribution is -0.123. The highest BCUT2D eigenvalue weighted by Gasteiger charge is 2.35. The Hall–Kier alpha value is -3.55. The fourth-order valence-electron chi connectivity index (χ4n) is 4.19. The first kappa shape index (κ1) is 25.1. The molecule has 5 rings (SSSR count). The average molecular weight is 574 g/mol. The highest BCUT2D eigenvalue weighted by molar-refractivity contribution is 9.10. The van der Waals surface area contributed by atoms with Gasteiger partial charge in [-0.25, -0.2) is 0 Å². The highest BCUT2D eigenvalue weighted by atomic mass is 79.9. The van der Waals surface area contributed by atoms with Gasteiger partial charge in [-0.3, -0.25) is 14.5 Å². The van der Waals surface area contributed by atoms with Gasteiger partial charge in [0.2, 0.25) is 0 Å². The summed E-state index contributed by atoms with van der Waals surface area (Å²) < 4.78 is 12.4. The van der Waals surface area contributed by atoms with E-state index in [1.54, 1.807) is 19.3 Å². The summed E-state index contributed by atoms with van der Waals surface area (Å²) in [6.45, 7) is 2.67. The summed E-state index contributed by atoms with van der Waals surface area (Å²) in [5.74, 6) is 0.801. The minimum absolute atomic E-state index is 0.228. The van der Waals surface area contributed by atoms with Gasteiger partial charge in [-0.2, -0.15) is 0 Å². The molecule has 0 aromatic heterocycles. The number of carbonyl (C=O) groups is 2. The Morgan fingerprint density at radius 1 is 0.946 bits per heavy atom. The zero-order chi connectivity index (χ0) is 25.9. The SMILES string of the molecule is COc1cc(/C=C2\SC(=O)N(Cc3ccc4ccccc4c3)C2=O)cc(Br)c1OCc1ccccc1C. The Morgan fingerprint density at radius 2 is 1.70 bits per heavy atom. The smallest absolute Gasteiger partial charge is 0.293 e. The number of nitrogens with zero attached hydrogens (tertiary/aromatic N) is 1. The molecule has 0 aliphatic carbocycles. The van der Waals surface area contributed by atoms with E-state index in [1.807, 2.05) is 79.7 Å². The molecule has 0 spiro atoms. The van der Waals surface area contributed by atoms with Gasteiger partial charge in [0.15, 0.2) is 11.5 Å². The van der Waals surface area contributed by atoms with E-state index in [4.69, 9.17) is 9.47 Å². The third kappa shape index (κ3) is 5.43. The molecule has 0 bridgehead atoms. The standard InChI is InChI=1S/C30H24BrNO4S/c1-19-7-3-4-10-24(19)18-36-28-25(31)14-21(15-26(28)35-2)16-27-29(33)32(30(34)37-27)17-20-11-12-22-8-5-6-9-23(22)13-20/h3-16H,17-18H2,1-2H3/b27-16-. The fourth-order valence-corrected chi connectivity index (χ4v) is 5.61. The molecule has 1 heterocycles. The molecule has 0 N–H and O–H groups in total. The predicted octanol–water partition coefficient (Wildman–Crippen LogP) is 7.73. The maximum atomic E-state index is 13.1. The van der Waals surface area contributed by atoms with Crippen LogP contribution < -0.4 is 9.47 Å². The first-order valence-electron chi connectivity index (χ1n) is 11.7. The molecule has 4 aromatic carbocycles. The number of rotatable bonds is 7. The van der Waals surface area contributed by atoms with E-state index in [2.05, 4.69) is 15.9 Å². The maximum Gasteiger partial charge on any atom is 0.293 e. The zero-order valence-corrected chi connectivity index (χ0v) is 22.8. The second-order valence-electron chi connectivity index (χ2n) is 8.70. The maximum absolute atomic E-state index is 13.1. The molecule has 37 heavy (non-hydrogen) atoms. The molecule has 7 heteroatoms. The van der Waals surface area contributed by atoms with Crippen LogP contribution >= 0.6 is 27.7 Å². The monoisotopic (exact) mass is 573 g/mol. The average Bonchev–Trinajstić information content (AvgIpc) is 3.15. The summed E-state index contributed by atoms with van der Waals surface area (Å²) in [7, 11) is 1.57. The summed E-state index contributed by atoms with van der Waals surface area (Å²) in [5, 5.41) is 1.91. The number of halogens is 1. The van der Waals surface area contributed by atoms with Gasteiger partial charge in [0.1, 0.15) is 6.61 Å². The minimum Gasteiger partial charge on any atom is -0.493 e. The lowest BCUT2D eigenvalue weighted by atomic mass is 10.1. The number of amides is 2. The molecule has 1 aliphatic rings. The second kappa shape index (κ2) is 10.8. The van der Waals surface area contributed by atoms with Crippen molar-refractivity contribution in [1.29, 1.82) is 0 Å².